The van der Waals surface area contributed by atoms with Crippen LogP contribution in [0.1, 0.15) is 27.8 Å². The van der Waals surface area contributed by atoms with E-state index in [0.717, 1.165) is 18.3 Å². The minimum absolute atomic E-state index is 0.0276. The number of aromatic nitrogens is 1. The Morgan fingerprint density at radius 2 is 2.00 bits per heavy atom. The first-order valence-electron chi connectivity index (χ1n) is 7.22. The van der Waals surface area contributed by atoms with Crippen LogP contribution in [-0.2, 0) is 21.8 Å². The molecular formula is C15H15BrFN3O5S. The van der Waals surface area contributed by atoms with Gasteiger partial charge in [-0.1, -0.05) is 15.9 Å². The van der Waals surface area contributed by atoms with Crippen molar-refractivity contribution in [2.75, 3.05) is 11.3 Å². The Morgan fingerprint density at radius 3 is 2.54 bits per heavy atom. The van der Waals surface area contributed by atoms with E-state index < -0.39 is 33.4 Å². The number of primary amides is 1. The molecule has 0 radical (unpaired) electrons. The monoisotopic (exact) mass is 447 g/mol. The van der Waals surface area contributed by atoms with Crippen LogP contribution in [0.4, 0.5) is 10.1 Å². The summed E-state index contributed by atoms with van der Waals surface area (Å²) < 4.78 is 47.7. The number of aryl methyl sites for hydroxylation is 1. The summed E-state index contributed by atoms with van der Waals surface area (Å²) >= 11 is 3.04. The summed E-state index contributed by atoms with van der Waals surface area (Å²) in [5.74, 6) is -2.69. The summed E-state index contributed by atoms with van der Waals surface area (Å²) in [5.41, 5.74) is 4.25. The van der Waals surface area contributed by atoms with Gasteiger partial charge >= 0.3 is 5.97 Å². The number of nitrogens with two attached hydrogens (primary N) is 1. The Kier molecular flexibility index (Phi) is 5.71. The SMILES string of the molecule is CCOC(=O)c1cc(Br)cc(F)c1NS(=O)(=O)c1cc(C(N)=O)n(C)c1. The van der Waals surface area contributed by atoms with Gasteiger partial charge in [0, 0.05) is 17.7 Å². The summed E-state index contributed by atoms with van der Waals surface area (Å²) in [6.45, 7) is 1.59. The van der Waals surface area contributed by atoms with E-state index in [1.165, 1.54) is 17.7 Å². The number of nitrogens with one attached hydrogen (secondary N) is 1. The van der Waals surface area contributed by atoms with Crippen LogP contribution in [0.5, 0.6) is 0 Å². The smallest absolute Gasteiger partial charge is 0.340 e. The molecule has 1 heterocycles. The fourth-order valence-corrected chi connectivity index (χ4v) is 3.75. The Hall–Kier alpha value is -2.40. The van der Waals surface area contributed by atoms with E-state index in [9.17, 15) is 22.4 Å². The molecule has 1 aromatic carbocycles. The molecule has 1 amide bonds. The predicted molar refractivity (Wildman–Crippen MR) is 94.8 cm³/mol. The number of halogens is 2. The Balaban J connectivity index is 2.51. The maximum Gasteiger partial charge on any atom is 0.340 e. The molecule has 11 heteroatoms. The molecule has 140 valence electrons. The first-order chi connectivity index (χ1) is 12.1. The van der Waals surface area contributed by atoms with Gasteiger partial charge in [-0.3, -0.25) is 9.52 Å². The molecule has 0 fully saturated rings. The zero-order valence-electron chi connectivity index (χ0n) is 13.7. The number of hydrogen-bond donors (Lipinski definition) is 2. The van der Waals surface area contributed by atoms with Gasteiger partial charge in [0.05, 0.1) is 17.9 Å². The number of hydrogen-bond acceptors (Lipinski definition) is 5. The highest BCUT2D eigenvalue weighted by molar-refractivity contribution is 9.10. The van der Waals surface area contributed by atoms with Crippen molar-refractivity contribution in [1.29, 1.82) is 0 Å². The number of carbonyl (C=O) groups excluding carboxylic acids is 2. The molecule has 0 saturated heterocycles. The average molecular weight is 448 g/mol. The fourth-order valence-electron chi connectivity index (χ4n) is 2.17. The van der Waals surface area contributed by atoms with E-state index >= 15 is 0 Å². The predicted octanol–water partition coefficient (Wildman–Crippen LogP) is 2.00. The molecule has 8 nitrogen and oxygen atoms in total. The van der Waals surface area contributed by atoms with Crippen molar-refractivity contribution in [2.45, 2.75) is 11.8 Å². The highest BCUT2D eigenvalue weighted by atomic mass is 79.9. The molecule has 0 spiro atoms. The second-order valence-electron chi connectivity index (χ2n) is 5.17. The standard InChI is InChI=1S/C15H15BrFN3O5S/c1-3-25-15(22)10-4-8(16)5-11(17)13(10)19-26(23,24)9-6-12(14(18)21)20(2)7-9/h4-7,19H,3H2,1-2H3,(H2,18,21). The maximum absolute atomic E-state index is 14.3. The summed E-state index contributed by atoms with van der Waals surface area (Å²) in [4.78, 5) is 23.0. The van der Waals surface area contributed by atoms with Crippen LogP contribution in [0, 0.1) is 5.82 Å². The van der Waals surface area contributed by atoms with Crippen LogP contribution < -0.4 is 10.5 Å². The highest BCUT2D eigenvalue weighted by Crippen LogP contribution is 2.28. The lowest BCUT2D eigenvalue weighted by Gasteiger charge is -2.13. The minimum Gasteiger partial charge on any atom is -0.462 e. The van der Waals surface area contributed by atoms with Crippen molar-refractivity contribution < 1.29 is 27.1 Å². The second-order valence-corrected chi connectivity index (χ2v) is 7.77. The van der Waals surface area contributed by atoms with E-state index in [4.69, 9.17) is 10.5 Å². The molecule has 0 saturated carbocycles. The summed E-state index contributed by atoms with van der Waals surface area (Å²) in [7, 11) is -2.86. The number of carbonyl (C=O) groups is 2. The molecule has 0 unspecified atom stereocenters. The Bertz CT molecular complexity index is 987. The Labute approximate surface area is 157 Å². The third-order valence-corrected chi connectivity index (χ3v) is 5.10. The molecule has 0 aliphatic rings. The van der Waals surface area contributed by atoms with Crippen LogP contribution in [0.2, 0.25) is 0 Å². The molecule has 3 N–H and O–H groups in total. The Morgan fingerprint density at radius 1 is 1.35 bits per heavy atom. The number of nitrogens with zero attached hydrogens (tertiary/aromatic N) is 1. The van der Waals surface area contributed by atoms with Crippen molar-refractivity contribution in [1.82, 2.24) is 4.57 Å². The number of rotatable bonds is 6. The highest BCUT2D eigenvalue weighted by Gasteiger charge is 2.25. The zero-order chi connectivity index (χ0) is 19.6. The number of esters is 1. The lowest BCUT2D eigenvalue weighted by atomic mass is 10.2. The van der Waals surface area contributed by atoms with Crippen LogP contribution in [-0.4, -0.2) is 31.5 Å². The summed E-state index contributed by atoms with van der Waals surface area (Å²) in [6.07, 6.45) is 1.14. The molecule has 1 aromatic heterocycles. The molecule has 0 aliphatic heterocycles. The van der Waals surface area contributed by atoms with E-state index in [1.54, 1.807) is 6.92 Å². The number of anilines is 1. The van der Waals surface area contributed by atoms with Crippen LogP contribution in [0.25, 0.3) is 0 Å². The lowest BCUT2D eigenvalue weighted by Crippen LogP contribution is -2.18. The first-order valence-corrected chi connectivity index (χ1v) is 9.49. The van der Waals surface area contributed by atoms with Crippen LogP contribution in [0.15, 0.2) is 33.8 Å². The first kappa shape index (κ1) is 19.9. The number of benzene rings is 1. The number of sulfonamides is 1. The van der Waals surface area contributed by atoms with Crippen molar-refractivity contribution in [2.24, 2.45) is 12.8 Å². The minimum atomic E-state index is -4.30. The van der Waals surface area contributed by atoms with Gasteiger partial charge in [-0.2, -0.15) is 0 Å². The van der Waals surface area contributed by atoms with Gasteiger partial charge in [-0.15, -0.1) is 0 Å². The van der Waals surface area contributed by atoms with Crippen LogP contribution >= 0.6 is 15.9 Å². The van der Waals surface area contributed by atoms with Crippen molar-refractivity contribution in [3.8, 4) is 0 Å². The number of ether oxygens (including phenoxy) is 1. The van der Waals surface area contributed by atoms with Gasteiger partial charge in [-0.25, -0.2) is 17.6 Å². The van der Waals surface area contributed by atoms with E-state index in [-0.39, 0.29) is 27.2 Å². The largest absolute Gasteiger partial charge is 0.462 e. The van der Waals surface area contributed by atoms with Gasteiger partial charge in [0.2, 0.25) is 0 Å². The zero-order valence-corrected chi connectivity index (χ0v) is 16.1. The molecule has 26 heavy (non-hydrogen) atoms. The summed E-state index contributed by atoms with van der Waals surface area (Å²) in [5, 5.41) is 0. The van der Waals surface area contributed by atoms with Crippen LogP contribution in [0.3, 0.4) is 0 Å². The maximum atomic E-state index is 14.3. The third-order valence-electron chi connectivity index (χ3n) is 3.33. The lowest BCUT2D eigenvalue weighted by molar-refractivity contribution is 0.0527. The van der Waals surface area contributed by atoms with Crippen molar-refractivity contribution in [3.63, 3.8) is 0 Å². The average Bonchev–Trinajstić information content (AvgIpc) is 2.93. The van der Waals surface area contributed by atoms with E-state index in [2.05, 4.69) is 15.9 Å². The van der Waals surface area contributed by atoms with E-state index in [1.807, 2.05) is 4.72 Å². The molecule has 2 aromatic rings. The molecule has 0 bridgehead atoms. The third kappa shape index (κ3) is 4.05. The van der Waals surface area contributed by atoms with E-state index in [0.29, 0.717) is 0 Å². The quantitative estimate of drug-likeness (QED) is 0.655. The normalized spacial score (nSPS) is 11.2. The molecule has 0 atom stereocenters. The molecular weight excluding hydrogens is 433 g/mol. The fraction of sp³-hybridized carbons (Fsp3) is 0.200. The van der Waals surface area contributed by atoms with Gasteiger partial charge in [0.15, 0.2) is 0 Å². The second kappa shape index (κ2) is 7.46. The van der Waals surface area contributed by atoms with Gasteiger partial charge in [0.25, 0.3) is 15.9 Å². The van der Waals surface area contributed by atoms with Crippen molar-refractivity contribution in [3.05, 3.63) is 45.9 Å². The van der Waals surface area contributed by atoms with Gasteiger partial charge in [-0.05, 0) is 25.1 Å². The molecule has 2 rings (SSSR count). The molecule has 0 aliphatic carbocycles. The summed E-state index contributed by atoms with van der Waals surface area (Å²) in [6, 6.07) is 3.28. The van der Waals surface area contributed by atoms with Gasteiger partial charge in [0.1, 0.15) is 16.4 Å². The van der Waals surface area contributed by atoms with Gasteiger partial charge < -0.3 is 15.0 Å². The topological polar surface area (TPSA) is 120 Å². The number of amides is 1. The van der Waals surface area contributed by atoms with Crippen molar-refractivity contribution >= 4 is 43.5 Å².